The van der Waals surface area contributed by atoms with Crippen LogP contribution >= 0.6 is 0 Å². The van der Waals surface area contributed by atoms with Crippen LogP contribution in [0.2, 0.25) is 0 Å². The molecule has 184 valence electrons. The molecule has 8 rings (SSSR count). The summed E-state index contributed by atoms with van der Waals surface area (Å²) in [5.41, 5.74) is 3.55. The Morgan fingerprint density at radius 2 is 1.03 bits per heavy atom. The SMILES string of the molecule is CCOc1ccc2nc3c4ccc5c6c(ccc(c(=O)n3c2c1)c46)c(=O)n1c2cc(OCC)ccc2nc51. The molecule has 0 radical (unpaired) electrons. The van der Waals surface area contributed by atoms with E-state index in [2.05, 4.69) is 0 Å². The third-order valence-electron chi connectivity index (χ3n) is 7.38. The average Bonchev–Trinajstić information content (AvgIpc) is 3.50. The van der Waals surface area contributed by atoms with E-state index in [0.717, 1.165) is 21.5 Å². The Morgan fingerprint density at radius 3 is 1.45 bits per heavy atom. The van der Waals surface area contributed by atoms with E-state index < -0.39 is 0 Å². The highest BCUT2D eigenvalue weighted by atomic mass is 16.5. The zero-order valence-corrected chi connectivity index (χ0v) is 20.6. The van der Waals surface area contributed by atoms with Gasteiger partial charge in [0.1, 0.15) is 22.8 Å². The summed E-state index contributed by atoms with van der Waals surface area (Å²) >= 11 is 0. The zero-order chi connectivity index (χ0) is 25.7. The predicted octanol–water partition coefficient (Wildman–Crippen LogP) is 5.14. The Morgan fingerprint density at radius 1 is 0.605 bits per heavy atom. The molecule has 4 heterocycles. The summed E-state index contributed by atoms with van der Waals surface area (Å²) in [6.07, 6.45) is 0. The smallest absolute Gasteiger partial charge is 0.264 e. The van der Waals surface area contributed by atoms with Crippen molar-refractivity contribution in [3.8, 4) is 11.5 Å². The van der Waals surface area contributed by atoms with E-state index in [4.69, 9.17) is 19.4 Å². The number of ether oxygens (including phenoxy) is 2. The predicted molar refractivity (Wildman–Crippen MR) is 149 cm³/mol. The number of hydrogen-bond acceptors (Lipinski definition) is 6. The fourth-order valence-electron chi connectivity index (χ4n) is 5.86. The fraction of sp³-hybridized carbons (Fsp3) is 0.133. The topological polar surface area (TPSA) is 87.2 Å². The van der Waals surface area contributed by atoms with Crippen molar-refractivity contribution in [1.29, 1.82) is 0 Å². The van der Waals surface area contributed by atoms with Gasteiger partial charge in [0, 0.05) is 44.5 Å². The number of rotatable bonds is 4. The molecule has 8 heteroatoms. The van der Waals surface area contributed by atoms with Crippen molar-refractivity contribution in [2.24, 2.45) is 0 Å². The van der Waals surface area contributed by atoms with E-state index in [9.17, 15) is 9.59 Å². The summed E-state index contributed by atoms with van der Waals surface area (Å²) in [6, 6.07) is 18.6. The molecule has 0 aliphatic rings. The number of imidazole rings is 2. The second kappa shape index (κ2) is 7.29. The lowest BCUT2D eigenvalue weighted by Gasteiger charge is -2.12. The molecule has 0 atom stereocenters. The number of benzene rings is 4. The molecule has 4 aromatic heterocycles. The van der Waals surface area contributed by atoms with Crippen LogP contribution in [0.5, 0.6) is 11.5 Å². The number of aromatic nitrogens is 4. The number of nitrogens with zero attached hydrogens (tertiary/aromatic N) is 4. The molecule has 0 bridgehead atoms. The van der Waals surface area contributed by atoms with Crippen molar-refractivity contribution in [1.82, 2.24) is 18.8 Å². The van der Waals surface area contributed by atoms with Gasteiger partial charge in [-0.3, -0.25) is 18.4 Å². The normalized spacial score (nSPS) is 12.4. The first-order valence-electron chi connectivity index (χ1n) is 12.6. The number of hydrogen-bond donors (Lipinski definition) is 0. The first kappa shape index (κ1) is 21.1. The highest BCUT2D eigenvalue weighted by molar-refractivity contribution is 6.27. The lowest BCUT2D eigenvalue weighted by atomic mass is 9.96. The van der Waals surface area contributed by atoms with E-state index in [1.165, 1.54) is 0 Å². The molecule has 0 N–H and O–H groups in total. The van der Waals surface area contributed by atoms with Crippen LogP contribution in [-0.4, -0.2) is 32.0 Å². The van der Waals surface area contributed by atoms with Gasteiger partial charge in [-0.25, -0.2) is 9.97 Å². The quantitative estimate of drug-likeness (QED) is 0.311. The number of fused-ring (bicyclic) bond motifs is 8. The third-order valence-corrected chi connectivity index (χ3v) is 7.38. The third kappa shape index (κ3) is 2.53. The minimum Gasteiger partial charge on any atom is -0.494 e. The van der Waals surface area contributed by atoms with Gasteiger partial charge < -0.3 is 9.47 Å². The van der Waals surface area contributed by atoms with Crippen LogP contribution in [-0.2, 0) is 0 Å². The summed E-state index contributed by atoms with van der Waals surface area (Å²) in [7, 11) is 0. The lowest BCUT2D eigenvalue weighted by molar-refractivity contribution is 0.340. The molecule has 0 spiro atoms. The maximum atomic E-state index is 13.9. The van der Waals surface area contributed by atoms with Gasteiger partial charge in [0.15, 0.2) is 0 Å². The van der Waals surface area contributed by atoms with E-state index in [1.54, 1.807) is 20.9 Å². The minimum absolute atomic E-state index is 0.180. The van der Waals surface area contributed by atoms with Gasteiger partial charge in [0.25, 0.3) is 11.1 Å². The van der Waals surface area contributed by atoms with Crippen molar-refractivity contribution < 1.29 is 9.47 Å². The van der Waals surface area contributed by atoms with Crippen molar-refractivity contribution in [3.05, 3.63) is 81.4 Å². The molecule has 8 aromatic rings. The van der Waals surface area contributed by atoms with Crippen LogP contribution in [0.25, 0.3) is 65.7 Å². The average molecular weight is 501 g/mol. The van der Waals surface area contributed by atoms with Crippen LogP contribution < -0.4 is 20.6 Å². The van der Waals surface area contributed by atoms with Crippen molar-refractivity contribution >= 4 is 65.7 Å². The molecule has 0 saturated carbocycles. The van der Waals surface area contributed by atoms with Gasteiger partial charge in [-0.1, -0.05) is 0 Å². The maximum Gasteiger partial charge on any atom is 0.264 e. The van der Waals surface area contributed by atoms with Crippen LogP contribution in [0, 0.1) is 0 Å². The molecule has 8 nitrogen and oxygen atoms in total. The van der Waals surface area contributed by atoms with E-state index in [1.807, 2.05) is 62.4 Å². The first-order chi connectivity index (χ1) is 18.6. The Labute approximate surface area is 214 Å². The molecular weight excluding hydrogens is 480 g/mol. The second-order valence-corrected chi connectivity index (χ2v) is 9.39. The lowest BCUT2D eigenvalue weighted by Crippen LogP contribution is -2.16. The minimum atomic E-state index is -0.180. The molecule has 4 aromatic carbocycles. The highest BCUT2D eigenvalue weighted by Crippen LogP contribution is 2.37. The second-order valence-electron chi connectivity index (χ2n) is 9.39. The molecule has 38 heavy (non-hydrogen) atoms. The first-order valence-corrected chi connectivity index (χ1v) is 12.6. The standard InChI is InChI=1S/C30H20N4O4/c1-3-37-15-5-11-21-23(13-15)33-27(31-21)17-7-8-18-26-20(10-9-19(25(17)26)29(33)35)30(36)34-24-14-16(38-4-2)6-12-22(24)32-28(18)34/h5-14H,3-4H2,1-2H3. The molecule has 0 amide bonds. The largest absolute Gasteiger partial charge is 0.494 e. The van der Waals surface area contributed by atoms with E-state index >= 15 is 0 Å². The van der Waals surface area contributed by atoms with Gasteiger partial charge in [-0.05, 0) is 62.4 Å². The maximum absolute atomic E-state index is 13.9. The van der Waals surface area contributed by atoms with Crippen molar-refractivity contribution in [2.75, 3.05) is 13.2 Å². The van der Waals surface area contributed by atoms with Crippen LogP contribution in [0.15, 0.2) is 70.3 Å². The monoisotopic (exact) mass is 500 g/mol. The Hall–Kier alpha value is -4.98. The Balaban J connectivity index is 1.56. The molecule has 0 saturated heterocycles. The van der Waals surface area contributed by atoms with Gasteiger partial charge >= 0.3 is 0 Å². The summed E-state index contributed by atoms with van der Waals surface area (Å²) in [4.78, 5) is 37.4. The van der Waals surface area contributed by atoms with Crippen LogP contribution in [0.4, 0.5) is 0 Å². The Bertz CT molecular complexity index is 2200. The molecule has 0 aliphatic carbocycles. The van der Waals surface area contributed by atoms with Gasteiger partial charge in [0.05, 0.1) is 35.3 Å². The highest BCUT2D eigenvalue weighted by Gasteiger charge is 2.22. The fourth-order valence-corrected chi connectivity index (χ4v) is 5.86. The zero-order valence-electron chi connectivity index (χ0n) is 20.6. The Kier molecular flexibility index (Phi) is 4.05. The molecule has 0 unspecified atom stereocenters. The van der Waals surface area contributed by atoms with Crippen molar-refractivity contribution in [2.45, 2.75) is 13.8 Å². The van der Waals surface area contributed by atoms with Crippen LogP contribution in [0.3, 0.4) is 0 Å². The summed E-state index contributed by atoms with van der Waals surface area (Å²) in [5.74, 6) is 1.37. The van der Waals surface area contributed by atoms with Crippen molar-refractivity contribution in [3.63, 3.8) is 0 Å². The van der Waals surface area contributed by atoms with E-state index in [0.29, 0.717) is 68.8 Å². The summed E-state index contributed by atoms with van der Waals surface area (Å²) in [5, 5.41) is 4.16. The van der Waals surface area contributed by atoms with Gasteiger partial charge in [-0.15, -0.1) is 0 Å². The van der Waals surface area contributed by atoms with Crippen LogP contribution in [0.1, 0.15) is 13.8 Å². The van der Waals surface area contributed by atoms with Gasteiger partial charge in [-0.2, -0.15) is 0 Å². The van der Waals surface area contributed by atoms with E-state index in [-0.39, 0.29) is 11.1 Å². The van der Waals surface area contributed by atoms with Gasteiger partial charge in [0.2, 0.25) is 0 Å². The summed E-state index contributed by atoms with van der Waals surface area (Å²) in [6.45, 7) is 4.90. The molecule has 0 aliphatic heterocycles. The summed E-state index contributed by atoms with van der Waals surface area (Å²) < 4.78 is 14.6. The molecular formula is C30H20N4O4. The number of pyridine rings is 2. The molecule has 0 fully saturated rings.